The van der Waals surface area contributed by atoms with Crippen LogP contribution in [0, 0.1) is 0 Å². The molecule has 0 aliphatic carbocycles. The highest BCUT2D eigenvalue weighted by Crippen LogP contribution is 2.31. The van der Waals surface area contributed by atoms with Gasteiger partial charge < -0.3 is 5.32 Å². The molecule has 0 bridgehead atoms. The Morgan fingerprint density at radius 1 is 0.966 bits per heavy atom. The summed E-state index contributed by atoms with van der Waals surface area (Å²) in [5.74, 6) is 0.233. The van der Waals surface area contributed by atoms with Gasteiger partial charge in [-0.25, -0.2) is 26.3 Å². The normalized spacial score (nSPS) is 12.0. The molecule has 0 aliphatic rings. The summed E-state index contributed by atoms with van der Waals surface area (Å²) in [6, 6.07) is 11.6. The summed E-state index contributed by atoms with van der Waals surface area (Å²) in [6.45, 7) is 0. The van der Waals surface area contributed by atoms with Gasteiger partial charge in [-0.3, -0.25) is 4.79 Å². The van der Waals surface area contributed by atoms with E-state index in [0.29, 0.717) is 5.75 Å². The van der Waals surface area contributed by atoms with Crippen molar-refractivity contribution in [2.75, 3.05) is 25.2 Å². The Morgan fingerprint density at radius 3 is 2.14 bits per heavy atom. The molecule has 0 saturated carbocycles. The first kappa shape index (κ1) is 23.6. The highest BCUT2D eigenvalue weighted by atomic mass is 35.5. The number of thioether (sulfide) groups is 1. The van der Waals surface area contributed by atoms with E-state index in [4.69, 9.17) is 11.6 Å². The van der Waals surface area contributed by atoms with E-state index in [2.05, 4.69) is 14.8 Å². The van der Waals surface area contributed by atoms with Crippen LogP contribution in [0.4, 0.5) is 5.69 Å². The topological polar surface area (TPSA) is 121 Å². The third kappa shape index (κ3) is 6.17. The predicted molar refractivity (Wildman–Crippen MR) is 115 cm³/mol. The summed E-state index contributed by atoms with van der Waals surface area (Å²) < 4.78 is 53.1. The second-order valence-electron chi connectivity index (χ2n) is 5.72. The van der Waals surface area contributed by atoms with Crippen LogP contribution in [-0.2, 0) is 30.6 Å². The molecule has 0 atom stereocenters. The lowest BCUT2D eigenvalue weighted by molar-refractivity contribution is -0.113. The maximum atomic E-state index is 12.4. The van der Waals surface area contributed by atoms with Crippen LogP contribution in [0.2, 0.25) is 5.02 Å². The van der Waals surface area contributed by atoms with Crippen molar-refractivity contribution in [3.05, 3.63) is 53.1 Å². The number of nitrogens with one attached hydrogen (secondary N) is 3. The van der Waals surface area contributed by atoms with Crippen LogP contribution >= 0.6 is 23.4 Å². The first-order chi connectivity index (χ1) is 13.6. The molecule has 0 radical (unpaired) electrons. The number of benzene rings is 2. The minimum atomic E-state index is -4.07. The van der Waals surface area contributed by atoms with E-state index in [1.165, 1.54) is 25.9 Å². The van der Waals surface area contributed by atoms with Crippen molar-refractivity contribution < 1.29 is 21.6 Å². The number of hydrogen-bond donors (Lipinski definition) is 3. The lowest BCUT2D eigenvalue weighted by Gasteiger charge is -2.14. The minimum Gasteiger partial charge on any atom is -0.324 e. The van der Waals surface area contributed by atoms with Gasteiger partial charge in [0.1, 0.15) is 9.79 Å². The van der Waals surface area contributed by atoms with Crippen LogP contribution < -0.4 is 14.8 Å². The van der Waals surface area contributed by atoms with E-state index in [1.807, 2.05) is 30.3 Å². The van der Waals surface area contributed by atoms with Crippen LogP contribution in [0.1, 0.15) is 5.56 Å². The molecule has 0 unspecified atom stereocenters. The van der Waals surface area contributed by atoms with Gasteiger partial charge in [-0.1, -0.05) is 41.9 Å². The molecule has 0 aliphatic heterocycles. The van der Waals surface area contributed by atoms with Gasteiger partial charge in [-0.05, 0) is 31.8 Å². The van der Waals surface area contributed by atoms with Gasteiger partial charge in [0.05, 0.1) is 16.5 Å². The van der Waals surface area contributed by atoms with Crippen LogP contribution in [0.5, 0.6) is 0 Å². The second kappa shape index (κ2) is 9.92. The third-order valence-electron chi connectivity index (χ3n) is 3.77. The molecule has 2 aromatic rings. The monoisotopic (exact) mass is 477 g/mol. The average Bonchev–Trinajstić information content (AvgIpc) is 2.68. The van der Waals surface area contributed by atoms with Crippen molar-refractivity contribution in [1.29, 1.82) is 0 Å². The van der Waals surface area contributed by atoms with Gasteiger partial charge in [0.2, 0.25) is 26.0 Å². The van der Waals surface area contributed by atoms with E-state index >= 15 is 0 Å². The molecule has 3 N–H and O–H groups in total. The van der Waals surface area contributed by atoms with Crippen LogP contribution in [0.15, 0.2) is 52.3 Å². The molecule has 1 amide bonds. The number of carbonyl (C=O) groups excluding carboxylic acids is 1. The zero-order valence-corrected chi connectivity index (χ0v) is 18.8. The molecule has 0 aromatic heterocycles. The molecule has 0 heterocycles. The van der Waals surface area contributed by atoms with Crippen molar-refractivity contribution in [3.63, 3.8) is 0 Å². The van der Waals surface area contributed by atoms with Crippen molar-refractivity contribution >= 4 is 55.0 Å². The van der Waals surface area contributed by atoms with Crippen molar-refractivity contribution in [2.45, 2.75) is 15.5 Å². The largest absolute Gasteiger partial charge is 0.324 e. The highest BCUT2D eigenvalue weighted by molar-refractivity contribution is 7.99. The Labute approximate surface area is 179 Å². The Bertz CT molecular complexity index is 1090. The molecule has 2 rings (SSSR count). The first-order valence-corrected chi connectivity index (χ1v) is 12.7. The predicted octanol–water partition coefficient (Wildman–Crippen LogP) is 2.03. The Balaban J connectivity index is 2.26. The number of halogens is 1. The van der Waals surface area contributed by atoms with Gasteiger partial charge in [-0.2, -0.15) is 0 Å². The van der Waals surface area contributed by atoms with E-state index in [1.54, 1.807) is 0 Å². The smallest absolute Gasteiger partial charge is 0.242 e. The molecule has 0 fully saturated rings. The molecule has 0 spiro atoms. The average molecular weight is 478 g/mol. The summed E-state index contributed by atoms with van der Waals surface area (Å²) in [6.07, 6.45) is 0. The second-order valence-corrected chi connectivity index (χ2v) is 10.8. The Hall–Kier alpha value is -1.63. The zero-order chi connectivity index (χ0) is 21.7. The fraction of sp³-hybridized carbons (Fsp3) is 0.235. The molecule has 2 aromatic carbocycles. The summed E-state index contributed by atoms with van der Waals surface area (Å²) in [5, 5.41) is 2.28. The fourth-order valence-corrected chi connectivity index (χ4v) is 5.33. The fourth-order valence-electron chi connectivity index (χ4n) is 2.30. The molecular weight excluding hydrogens is 458 g/mol. The Morgan fingerprint density at radius 2 is 1.55 bits per heavy atom. The van der Waals surface area contributed by atoms with Gasteiger partial charge in [-0.15, -0.1) is 11.8 Å². The maximum absolute atomic E-state index is 12.4. The van der Waals surface area contributed by atoms with Crippen LogP contribution in [-0.4, -0.2) is 42.6 Å². The van der Waals surface area contributed by atoms with Gasteiger partial charge >= 0.3 is 0 Å². The Kier molecular flexibility index (Phi) is 8.09. The van der Waals surface area contributed by atoms with Crippen LogP contribution in [0.25, 0.3) is 0 Å². The summed E-state index contributed by atoms with van der Waals surface area (Å²) in [5.41, 5.74) is 0.943. The SMILES string of the molecule is CNS(=O)(=O)c1cc(S(=O)(=O)NC)c(NC(=O)CSCc2ccccc2)cc1Cl. The minimum absolute atomic E-state index is 0.0715. The van der Waals surface area contributed by atoms with E-state index in [0.717, 1.165) is 17.7 Å². The number of hydrogen-bond acceptors (Lipinski definition) is 6. The van der Waals surface area contributed by atoms with E-state index < -0.39 is 35.7 Å². The number of sulfonamides is 2. The van der Waals surface area contributed by atoms with Gasteiger partial charge in [0.25, 0.3) is 0 Å². The molecule has 29 heavy (non-hydrogen) atoms. The lowest BCUT2D eigenvalue weighted by atomic mass is 10.2. The van der Waals surface area contributed by atoms with Crippen molar-refractivity contribution in [2.24, 2.45) is 0 Å². The first-order valence-electron chi connectivity index (χ1n) is 8.23. The molecular formula is C17H20ClN3O5S3. The molecule has 0 saturated heterocycles. The molecule has 158 valence electrons. The zero-order valence-electron chi connectivity index (χ0n) is 15.6. The van der Waals surface area contributed by atoms with Crippen molar-refractivity contribution in [1.82, 2.24) is 9.44 Å². The molecule has 12 heteroatoms. The standard InChI is InChI=1S/C17H20ClN3O5S3/c1-19-28(23,24)15-9-16(29(25,26)20-2)14(8-13(15)18)21-17(22)11-27-10-12-6-4-3-5-7-12/h3-9,19-20H,10-11H2,1-2H3,(H,21,22). The number of rotatable bonds is 9. The summed E-state index contributed by atoms with van der Waals surface area (Å²) in [7, 11) is -5.71. The quantitative estimate of drug-likeness (QED) is 0.508. The highest BCUT2D eigenvalue weighted by Gasteiger charge is 2.25. The van der Waals surface area contributed by atoms with Gasteiger partial charge in [0, 0.05) is 5.75 Å². The molecule has 8 nitrogen and oxygen atoms in total. The van der Waals surface area contributed by atoms with Crippen molar-refractivity contribution in [3.8, 4) is 0 Å². The van der Waals surface area contributed by atoms with Crippen LogP contribution in [0.3, 0.4) is 0 Å². The van der Waals surface area contributed by atoms with E-state index in [9.17, 15) is 21.6 Å². The lowest BCUT2D eigenvalue weighted by Crippen LogP contribution is -2.24. The van der Waals surface area contributed by atoms with Gasteiger partial charge in [0.15, 0.2) is 0 Å². The number of amides is 1. The third-order valence-corrected chi connectivity index (χ3v) is 8.11. The summed E-state index contributed by atoms with van der Waals surface area (Å²) >= 11 is 7.39. The maximum Gasteiger partial charge on any atom is 0.242 e. The summed E-state index contributed by atoms with van der Waals surface area (Å²) in [4.78, 5) is 11.5. The van der Waals surface area contributed by atoms with E-state index in [-0.39, 0.29) is 16.5 Å². The number of anilines is 1. The number of carbonyl (C=O) groups is 1.